The Morgan fingerprint density at radius 2 is 2.28 bits per heavy atom. The van der Waals surface area contributed by atoms with E-state index in [0.717, 1.165) is 5.69 Å². The molecule has 1 aliphatic heterocycles. The van der Waals surface area contributed by atoms with Crippen molar-refractivity contribution in [1.29, 1.82) is 0 Å². The SMILES string of the molecule is Cn1nccc1CCN1N=C(C(=O)O)CCC1=O. The molecule has 7 nitrogen and oxygen atoms in total. The lowest BCUT2D eigenvalue weighted by molar-refractivity contribution is -0.132. The molecule has 0 fully saturated rings. The van der Waals surface area contributed by atoms with Crippen molar-refractivity contribution in [2.75, 3.05) is 6.54 Å². The molecule has 0 atom stereocenters. The second-order valence-corrected chi connectivity index (χ2v) is 4.06. The predicted molar refractivity (Wildman–Crippen MR) is 62.9 cm³/mol. The Kier molecular flexibility index (Phi) is 3.40. The average molecular weight is 250 g/mol. The van der Waals surface area contributed by atoms with Crippen molar-refractivity contribution < 1.29 is 14.7 Å². The van der Waals surface area contributed by atoms with Gasteiger partial charge < -0.3 is 5.11 Å². The number of hydrogen-bond acceptors (Lipinski definition) is 4. The van der Waals surface area contributed by atoms with E-state index in [1.54, 1.807) is 10.9 Å². The van der Waals surface area contributed by atoms with E-state index in [9.17, 15) is 9.59 Å². The number of hydrazone groups is 1. The number of aryl methyl sites for hydroxylation is 1. The molecule has 1 aromatic heterocycles. The summed E-state index contributed by atoms with van der Waals surface area (Å²) in [4.78, 5) is 22.4. The van der Waals surface area contributed by atoms with Crippen LogP contribution in [0.3, 0.4) is 0 Å². The van der Waals surface area contributed by atoms with Gasteiger partial charge in [-0.15, -0.1) is 0 Å². The van der Waals surface area contributed by atoms with E-state index in [1.165, 1.54) is 5.01 Å². The van der Waals surface area contributed by atoms with Crippen molar-refractivity contribution in [3.63, 3.8) is 0 Å². The molecule has 2 heterocycles. The highest BCUT2D eigenvalue weighted by atomic mass is 16.4. The van der Waals surface area contributed by atoms with E-state index < -0.39 is 5.97 Å². The maximum atomic E-state index is 11.6. The number of amides is 1. The van der Waals surface area contributed by atoms with Crippen LogP contribution in [-0.2, 0) is 23.1 Å². The van der Waals surface area contributed by atoms with E-state index in [4.69, 9.17) is 5.11 Å². The summed E-state index contributed by atoms with van der Waals surface area (Å²) in [5.74, 6) is -1.20. The van der Waals surface area contributed by atoms with Crippen LogP contribution in [0.5, 0.6) is 0 Å². The molecule has 0 unspecified atom stereocenters. The minimum Gasteiger partial charge on any atom is -0.477 e. The number of nitrogens with zero attached hydrogens (tertiary/aromatic N) is 4. The summed E-state index contributed by atoms with van der Waals surface area (Å²) in [5.41, 5.74) is 1.01. The van der Waals surface area contributed by atoms with Gasteiger partial charge in [0.25, 0.3) is 0 Å². The first-order valence-electron chi connectivity index (χ1n) is 5.66. The predicted octanol–water partition coefficient (Wildman–Crippen LogP) is 0.0256. The summed E-state index contributed by atoms with van der Waals surface area (Å²) >= 11 is 0. The average Bonchev–Trinajstić information content (AvgIpc) is 2.73. The van der Waals surface area contributed by atoms with Crippen LogP contribution >= 0.6 is 0 Å². The quantitative estimate of drug-likeness (QED) is 0.816. The number of hydrogen-bond donors (Lipinski definition) is 1. The molecule has 1 aromatic rings. The lowest BCUT2D eigenvalue weighted by Crippen LogP contribution is -2.35. The number of aromatic nitrogens is 2. The number of aliphatic carboxylic acids is 1. The zero-order valence-electron chi connectivity index (χ0n) is 10.0. The first-order chi connectivity index (χ1) is 8.58. The van der Waals surface area contributed by atoms with E-state index >= 15 is 0 Å². The van der Waals surface area contributed by atoms with Gasteiger partial charge in [0.1, 0.15) is 5.71 Å². The van der Waals surface area contributed by atoms with E-state index in [0.29, 0.717) is 13.0 Å². The molecule has 0 aliphatic carbocycles. The highest BCUT2D eigenvalue weighted by molar-refractivity contribution is 6.36. The highest BCUT2D eigenvalue weighted by Crippen LogP contribution is 2.10. The summed E-state index contributed by atoms with van der Waals surface area (Å²) in [5, 5.41) is 18.0. The smallest absolute Gasteiger partial charge is 0.352 e. The Morgan fingerprint density at radius 3 is 2.89 bits per heavy atom. The Bertz CT molecular complexity index is 506. The lowest BCUT2D eigenvalue weighted by Gasteiger charge is -2.21. The third-order valence-corrected chi connectivity index (χ3v) is 2.85. The number of carboxylic acid groups (broad SMARTS) is 1. The molecule has 0 saturated carbocycles. The Labute approximate surface area is 104 Å². The summed E-state index contributed by atoms with van der Waals surface area (Å²) in [6.45, 7) is 0.370. The molecule has 1 N–H and O–H groups in total. The maximum absolute atomic E-state index is 11.6. The van der Waals surface area contributed by atoms with Gasteiger partial charge in [-0.2, -0.15) is 10.2 Å². The van der Waals surface area contributed by atoms with E-state index in [2.05, 4.69) is 10.2 Å². The van der Waals surface area contributed by atoms with Crippen LogP contribution in [0.15, 0.2) is 17.4 Å². The number of rotatable bonds is 4. The fourth-order valence-electron chi connectivity index (χ4n) is 1.80. The lowest BCUT2D eigenvalue weighted by atomic mass is 10.1. The fraction of sp³-hybridized carbons (Fsp3) is 0.455. The van der Waals surface area contributed by atoms with Crippen LogP contribution < -0.4 is 0 Å². The van der Waals surface area contributed by atoms with Gasteiger partial charge in [0.05, 0.1) is 6.54 Å². The molecule has 7 heteroatoms. The largest absolute Gasteiger partial charge is 0.477 e. The van der Waals surface area contributed by atoms with Crippen molar-refractivity contribution in [2.24, 2.45) is 12.1 Å². The second kappa shape index (κ2) is 4.99. The first kappa shape index (κ1) is 12.3. The molecule has 0 spiro atoms. The Hall–Kier alpha value is -2.18. The molecule has 1 amide bonds. The normalized spacial score (nSPS) is 15.7. The van der Waals surface area contributed by atoms with Crippen LogP contribution in [-0.4, -0.2) is 44.0 Å². The molecule has 1 aliphatic rings. The van der Waals surface area contributed by atoms with Gasteiger partial charge in [-0.3, -0.25) is 9.48 Å². The van der Waals surface area contributed by atoms with Crippen LogP contribution in [0.4, 0.5) is 0 Å². The molecule has 18 heavy (non-hydrogen) atoms. The topological polar surface area (TPSA) is 87.8 Å². The Balaban J connectivity index is 2.03. The van der Waals surface area contributed by atoms with Gasteiger partial charge in [0, 0.05) is 38.2 Å². The minimum atomic E-state index is -1.06. The van der Waals surface area contributed by atoms with Crippen LogP contribution in [0.25, 0.3) is 0 Å². The molecule has 2 rings (SSSR count). The number of carboxylic acids is 1. The van der Waals surface area contributed by atoms with Crippen molar-refractivity contribution in [3.05, 3.63) is 18.0 Å². The van der Waals surface area contributed by atoms with Gasteiger partial charge in [0.15, 0.2) is 0 Å². The summed E-state index contributed by atoms with van der Waals surface area (Å²) in [6.07, 6.45) is 2.69. The van der Waals surface area contributed by atoms with Crippen LogP contribution in [0.1, 0.15) is 18.5 Å². The molecule has 96 valence electrons. The molecule has 0 aromatic carbocycles. The molecule has 0 saturated heterocycles. The molecular formula is C11H14N4O3. The summed E-state index contributed by atoms with van der Waals surface area (Å²) in [7, 11) is 1.82. The van der Waals surface area contributed by atoms with Crippen molar-refractivity contribution in [2.45, 2.75) is 19.3 Å². The maximum Gasteiger partial charge on any atom is 0.352 e. The summed E-state index contributed by atoms with van der Waals surface area (Å²) < 4.78 is 1.72. The van der Waals surface area contributed by atoms with Crippen molar-refractivity contribution in [1.82, 2.24) is 14.8 Å². The van der Waals surface area contributed by atoms with Crippen LogP contribution in [0, 0.1) is 0 Å². The van der Waals surface area contributed by atoms with Crippen molar-refractivity contribution in [3.8, 4) is 0 Å². The standard InChI is InChI=1S/C11H14N4O3/c1-14-8(4-6-12-14)5-7-15-10(16)3-2-9(13-15)11(17)18/h4,6H,2-3,5,7H2,1H3,(H,17,18). The Morgan fingerprint density at radius 1 is 1.50 bits per heavy atom. The van der Waals surface area contributed by atoms with Gasteiger partial charge in [0.2, 0.25) is 5.91 Å². The van der Waals surface area contributed by atoms with E-state index in [1.807, 2.05) is 13.1 Å². The minimum absolute atomic E-state index is 0.0413. The fourth-order valence-corrected chi connectivity index (χ4v) is 1.80. The highest BCUT2D eigenvalue weighted by Gasteiger charge is 2.23. The van der Waals surface area contributed by atoms with Crippen LogP contribution in [0.2, 0.25) is 0 Å². The second-order valence-electron chi connectivity index (χ2n) is 4.06. The number of carbonyl (C=O) groups is 2. The third-order valence-electron chi connectivity index (χ3n) is 2.85. The zero-order chi connectivity index (χ0) is 13.1. The number of carbonyl (C=O) groups excluding carboxylic acids is 1. The zero-order valence-corrected chi connectivity index (χ0v) is 10.0. The molecule has 0 bridgehead atoms. The summed E-state index contributed by atoms with van der Waals surface area (Å²) in [6, 6.07) is 1.86. The van der Waals surface area contributed by atoms with Gasteiger partial charge in [-0.1, -0.05) is 0 Å². The third kappa shape index (κ3) is 2.55. The van der Waals surface area contributed by atoms with Crippen molar-refractivity contribution >= 4 is 17.6 Å². The van der Waals surface area contributed by atoms with Gasteiger partial charge >= 0.3 is 5.97 Å². The van der Waals surface area contributed by atoms with Gasteiger partial charge in [-0.05, 0) is 6.07 Å². The first-order valence-corrected chi connectivity index (χ1v) is 5.66. The van der Waals surface area contributed by atoms with Gasteiger partial charge in [-0.25, -0.2) is 9.80 Å². The van der Waals surface area contributed by atoms with E-state index in [-0.39, 0.29) is 24.5 Å². The molecule has 0 radical (unpaired) electrons. The monoisotopic (exact) mass is 250 g/mol. The molecular weight excluding hydrogens is 236 g/mol.